The van der Waals surface area contributed by atoms with Crippen molar-refractivity contribution in [3.8, 4) is 95.5 Å². The Kier molecular flexibility index (Phi) is 11.6. The van der Waals surface area contributed by atoms with E-state index < -0.39 is 0 Å². The number of fused-ring (bicyclic) bond motifs is 19. The number of aromatic nitrogens is 5. The average Bonchev–Trinajstić information content (AvgIpc) is 1.55. The second-order valence-corrected chi connectivity index (χ2v) is 29.6. The van der Waals surface area contributed by atoms with Crippen LogP contribution in [0.15, 0.2) is 297 Å². The molecule has 0 radical (unpaired) electrons. The molecule has 4 aromatic heterocycles. The van der Waals surface area contributed by atoms with Crippen molar-refractivity contribution in [2.45, 2.75) is 57.8 Å². The molecule has 0 N–H and O–H groups in total. The molecule has 100 heavy (non-hydrogen) atoms. The molecule has 3 aliphatic rings. The van der Waals surface area contributed by atoms with Crippen LogP contribution >= 0.6 is 0 Å². The van der Waals surface area contributed by atoms with Crippen LogP contribution < -0.4 is 0 Å². The minimum Gasteiger partial charge on any atom is -0.309 e. The summed E-state index contributed by atoms with van der Waals surface area (Å²) >= 11 is 0. The average molecular weight is 1280 g/mol. The van der Waals surface area contributed by atoms with Crippen molar-refractivity contribution in [1.29, 1.82) is 0 Å². The Hall–Kier alpha value is -12.2. The number of benzene rings is 14. The van der Waals surface area contributed by atoms with Gasteiger partial charge in [0.25, 0.3) is 0 Å². The number of rotatable bonds is 7. The van der Waals surface area contributed by atoms with E-state index in [-0.39, 0.29) is 16.2 Å². The third-order valence-corrected chi connectivity index (χ3v) is 23.3. The quantitative estimate of drug-likeness (QED) is 0.160. The summed E-state index contributed by atoms with van der Waals surface area (Å²) in [6.45, 7) is 14.1. The van der Waals surface area contributed by atoms with Gasteiger partial charge in [0.1, 0.15) is 5.82 Å². The second kappa shape index (κ2) is 20.5. The lowest BCUT2D eigenvalue weighted by atomic mass is 9.82. The van der Waals surface area contributed by atoms with Crippen LogP contribution in [-0.2, 0) is 16.2 Å². The first-order valence-corrected chi connectivity index (χ1v) is 35.1. The molecule has 0 saturated heterocycles. The molecule has 0 aliphatic heterocycles. The highest BCUT2D eigenvalue weighted by Crippen LogP contribution is 2.54. The van der Waals surface area contributed by atoms with Crippen molar-refractivity contribution < 1.29 is 0 Å². The molecule has 5 nitrogen and oxygen atoms in total. The maximum Gasteiger partial charge on any atom is 0.237 e. The number of hydrogen-bond acceptors (Lipinski definition) is 2. The maximum atomic E-state index is 5.83. The summed E-state index contributed by atoms with van der Waals surface area (Å²) in [5.41, 5.74) is 32.6. The van der Waals surface area contributed by atoms with Crippen LogP contribution in [0.25, 0.3) is 172 Å². The fourth-order valence-corrected chi connectivity index (χ4v) is 18.4. The van der Waals surface area contributed by atoms with E-state index in [0.717, 1.165) is 88.2 Å². The lowest BCUT2D eigenvalue weighted by Crippen LogP contribution is -2.14. The number of nitrogens with zero attached hydrogens (tertiary/aromatic N) is 5. The molecule has 0 atom stereocenters. The molecule has 0 spiro atoms. The van der Waals surface area contributed by atoms with Gasteiger partial charge in [-0.3, -0.25) is 9.13 Å². The Balaban J connectivity index is 0.754. The van der Waals surface area contributed by atoms with Crippen molar-refractivity contribution in [1.82, 2.24) is 23.7 Å². The van der Waals surface area contributed by atoms with E-state index in [1.165, 1.54) is 111 Å². The molecule has 472 valence electrons. The van der Waals surface area contributed by atoms with Gasteiger partial charge in [-0.25, -0.2) is 4.98 Å². The van der Waals surface area contributed by atoms with Crippen LogP contribution in [0.4, 0.5) is 0 Å². The normalized spacial score (nSPS) is 14.3. The summed E-state index contributed by atoms with van der Waals surface area (Å²) in [5, 5.41) is 9.25. The van der Waals surface area contributed by atoms with E-state index >= 15 is 0 Å². The lowest BCUT2D eigenvalue weighted by molar-refractivity contribution is 0.660. The molecule has 18 aromatic rings. The summed E-state index contributed by atoms with van der Waals surface area (Å²) in [4.78, 5) is 11.7. The molecule has 0 bridgehead atoms. The van der Waals surface area contributed by atoms with Crippen LogP contribution in [-0.4, -0.2) is 23.7 Å². The minimum absolute atomic E-state index is 0.0551. The third kappa shape index (κ3) is 7.89. The number of hydrogen-bond donors (Lipinski definition) is 0. The molecular weight excluding hydrogens is 1210 g/mol. The van der Waals surface area contributed by atoms with Crippen molar-refractivity contribution in [2.24, 2.45) is 0 Å². The smallest absolute Gasteiger partial charge is 0.237 e. The third-order valence-electron chi connectivity index (χ3n) is 23.3. The van der Waals surface area contributed by atoms with Gasteiger partial charge in [0, 0.05) is 65.6 Å². The van der Waals surface area contributed by atoms with E-state index in [2.05, 4.69) is 352 Å². The van der Waals surface area contributed by atoms with E-state index in [4.69, 9.17) is 9.97 Å². The molecule has 0 fully saturated rings. The molecule has 0 saturated carbocycles. The highest BCUT2D eigenvalue weighted by atomic mass is 15.2. The van der Waals surface area contributed by atoms with Gasteiger partial charge in [-0.15, -0.1) is 0 Å². The van der Waals surface area contributed by atoms with Crippen molar-refractivity contribution in [3.63, 3.8) is 0 Å². The number of para-hydroxylation sites is 3. The minimum atomic E-state index is -0.0755. The summed E-state index contributed by atoms with van der Waals surface area (Å²) < 4.78 is 7.14. The molecular formula is C95H67N5. The van der Waals surface area contributed by atoms with E-state index in [9.17, 15) is 0 Å². The highest BCUT2D eigenvalue weighted by Gasteiger charge is 2.38. The van der Waals surface area contributed by atoms with Crippen LogP contribution in [0, 0.1) is 0 Å². The first-order valence-electron chi connectivity index (χ1n) is 35.1. The summed E-state index contributed by atoms with van der Waals surface area (Å²) in [6, 6.07) is 111. The molecule has 14 aromatic carbocycles. The van der Waals surface area contributed by atoms with Crippen molar-refractivity contribution >= 4 is 76.2 Å². The van der Waals surface area contributed by atoms with E-state index in [1.54, 1.807) is 0 Å². The Labute approximate surface area is 580 Å². The van der Waals surface area contributed by atoms with E-state index in [1.807, 2.05) is 0 Å². The zero-order valence-electron chi connectivity index (χ0n) is 56.5. The van der Waals surface area contributed by atoms with Crippen molar-refractivity contribution in [2.75, 3.05) is 0 Å². The molecule has 3 aliphatic carbocycles. The Morgan fingerprint density at radius 1 is 0.220 bits per heavy atom. The summed E-state index contributed by atoms with van der Waals surface area (Å²) in [7, 11) is 0. The Morgan fingerprint density at radius 3 is 1.01 bits per heavy atom. The maximum absolute atomic E-state index is 5.83. The predicted molar refractivity (Wildman–Crippen MR) is 417 cm³/mol. The lowest BCUT2D eigenvalue weighted by Gasteiger charge is -2.21. The fourth-order valence-electron chi connectivity index (χ4n) is 18.4. The van der Waals surface area contributed by atoms with Gasteiger partial charge < -0.3 is 4.57 Å². The molecule has 5 heteroatoms. The first-order chi connectivity index (χ1) is 48.8. The molecule has 0 unspecified atom stereocenters. The highest BCUT2D eigenvalue weighted by molar-refractivity contribution is 6.15. The van der Waals surface area contributed by atoms with Crippen LogP contribution in [0.2, 0.25) is 0 Å². The second-order valence-electron chi connectivity index (χ2n) is 29.6. The standard InChI is InChI=1S/C95H67N5/c1-93(2)77-29-15-9-22-63(77)71-49-56(35-42-80(71)93)59-38-45-88-74(52-59)68-26-12-18-32-84(68)98(88)87-48-41-66(62-21-7-8-25-67(62)87)83-55-91(99-85-33-19-13-27-69(85)75-53-60(39-46-89(75)99)57-36-43-81-72(50-57)64-23-10-16-30-78(64)94(81,3)4)97-92(96-83)100-86-34-20-14-28-70(86)76-54-61(40-47-90(76)100)58-37-44-82-73(51-58)65-24-11-17-31-79(65)95(82,5)6/h7-55H,1-6H3. The SMILES string of the molecule is CC1(C)c2ccccc2-c2cc(-c3ccc4c(c3)c3ccccc3n4-c3cc(-c4ccc(-n5c6ccccc6c6cc(-c7ccc8c(c7)-c7ccccc7C8(C)C)ccc65)c5ccccc45)nc(-n4c5ccccc5c5cc(-c6ccc7c(c6)-c6ccccc6C7(C)C)ccc54)n3)ccc21. The largest absolute Gasteiger partial charge is 0.309 e. The zero-order chi connectivity index (χ0) is 66.7. The van der Waals surface area contributed by atoms with Gasteiger partial charge in [-0.05, 0) is 184 Å². The summed E-state index contributed by atoms with van der Waals surface area (Å²) in [5.74, 6) is 1.37. The van der Waals surface area contributed by atoms with Gasteiger partial charge in [0.15, 0.2) is 0 Å². The Morgan fingerprint density at radius 2 is 0.550 bits per heavy atom. The summed E-state index contributed by atoms with van der Waals surface area (Å²) in [6.07, 6.45) is 0. The Bertz CT molecular complexity index is 6390. The monoisotopic (exact) mass is 1280 g/mol. The molecule has 21 rings (SSSR count). The van der Waals surface area contributed by atoms with Crippen LogP contribution in [0.5, 0.6) is 0 Å². The van der Waals surface area contributed by atoms with Gasteiger partial charge >= 0.3 is 0 Å². The first kappa shape index (κ1) is 56.9. The van der Waals surface area contributed by atoms with E-state index in [0.29, 0.717) is 5.95 Å². The van der Waals surface area contributed by atoms with Crippen LogP contribution in [0.1, 0.15) is 74.9 Å². The molecule has 0 amide bonds. The van der Waals surface area contributed by atoms with Gasteiger partial charge in [0.05, 0.1) is 44.5 Å². The predicted octanol–water partition coefficient (Wildman–Crippen LogP) is 24.5. The fraction of sp³-hybridized carbons (Fsp3) is 0.0947. The van der Waals surface area contributed by atoms with Crippen LogP contribution in [0.3, 0.4) is 0 Å². The van der Waals surface area contributed by atoms with Gasteiger partial charge in [-0.1, -0.05) is 254 Å². The van der Waals surface area contributed by atoms with Gasteiger partial charge in [-0.2, -0.15) is 4.98 Å². The zero-order valence-corrected chi connectivity index (χ0v) is 56.5. The topological polar surface area (TPSA) is 40.6 Å². The van der Waals surface area contributed by atoms with Crippen molar-refractivity contribution in [3.05, 3.63) is 331 Å². The molecule has 4 heterocycles. The van der Waals surface area contributed by atoms with Gasteiger partial charge in [0.2, 0.25) is 5.95 Å².